The van der Waals surface area contributed by atoms with Gasteiger partial charge in [0, 0.05) is 18.7 Å². The van der Waals surface area contributed by atoms with E-state index in [1.807, 2.05) is 56.3 Å². The molecule has 0 amide bonds. The van der Waals surface area contributed by atoms with Gasteiger partial charge < -0.3 is 14.1 Å². The summed E-state index contributed by atoms with van der Waals surface area (Å²) in [7, 11) is -3.07. The van der Waals surface area contributed by atoms with Crippen molar-refractivity contribution in [2.24, 2.45) is 0 Å². The first-order valence-electron chi connectivity index (χ1n) is 14.5. The lowest BCUT2D eigenvalue weighted by molar-refractivity contribution is -0.00553. The highest BCUT2D eigenvalue weighted by Crippen LogP contribution is 2.39. The molecule has 0 N–H and O–H groups in total. The molecule has 0 saturated carbocycles. The van der Waals surface area contributed by atoms with Gasteiger partial charge in [-0.3, -0.25) is 4.79 Å². The van der Waals surface area contributed by atoms with Gasteiger partial charge in [0.2, 0.25) is 5.78 Å². The molecule has 5 rings (SSSR count). The first-order chi connectivity index (χ1) is 21.0. The van der Waals surface area contributed by atoms with Crippen molar-refractivity contribution in [1.29, 1.82) is 5.26 Å². The van der Waals surface area contributed by atoms with Crippen molar-refractivity contribution in [3.63, 3.8) is 0 Å². The summed E-state index contributed by atoms with van der Waals surface area (Å²) < 4.78 is 45.2. The number of nitriles is 1. The van der Waals surface area contributed by atoms with E-state index in [1.54, 1.807) is 4.90 Å². The number of hydrogen-bond acceptors (Lipinski definition) is 7. The highest BCUT2D eigenvalue weighted by molar-refractivity contribution is 7.12. The van der Waals surface area contributed by atoms with Crippen LogP contribution in [0.25, 0.3) is 0 Å². The largest absolute Gasteiger partial charge is 0.403 e. The van der Waals surface area contributed by atoms with Crippen LogP contribution in [0.1, 0.15) is 61.1 Å². The van der Waals surface area contributed by atoms with Crippen LogP contribution in [0, 0.1) is 23.0 Å². The molecule has 2 heterocycles. The maximum atomic E-state index is 16.3. The standard InChI is InChI=1S/C34H35F2N3O3SSi/c1-22-18-39(19-23(2)42-22)31-24(16-27(29(35)30(31)36)32(40)33-28(17-37)38-21-43-33)20-41-44(34(3,4)5,25-12-8-6-9-13-25)26-14-10-7-11-15-26/h6-16,21-23H,18-20H2,1-5H3. The smallest absolute Gasteiger partial charge is 0.261 e. The zero-order chi connectivity index (χ0) is 31.6. The summed E-state index contributed by atoms with van der Waals surface area (Å²) in [4.78, 5) is 19.2. The molecular weight excluding hydrogens is 597 g/mol. The molecule has 2 unspecified atom stereocenters. The molecule has 44 heavy (non-hydrogen) atoms. The summed E-state index contributed by atoms with van der Waals surface area (Å²) in [5, 5.41) is 11.2. The number of morpholine rings is 1. The Hall–Kier alpha value is -3.75. The molecular formula is C34H35F2N3O3SSi. The first kappa shape index (κ1) is 31.7. The Bertz CT molecular complexity index is 1640. The van der Waals surface area contributed by atoms with Gasteiger partial charge in [0.1, 0.15) is 10.9 Å². The Balaban J connectivity index is 1.69. The van der Waals surface area contributed by atoms with Crippen molar-refractivity contribution < 1.29 is 22.7 Å². The van der Waals surface area contributed by atoms with Gasteiger partial charge in [-0.15, -0.1) is 11.3 Å². The summed E-state index contributed by atoms with van der Waals surface area (Å²) >= 11 is 0.922. The lowest BCUT2D eigenvalue weighted by atomic mass is 10.0. The zero-order valence-electron chi connectivity index (χ0n) is 25.4. The fourth-order valence-electron chi connectivity index (χ4n) is 6.20. The van der Waals surface area contributed by atoms with Crippen molar-refractivity contribution in [2.45, 2.75) is 58.5 Å². The van der Waals surface area contributed by atoms with Gasteiger partial charge in [0.15, 0.2) is 17.3 Å². The number of thiazole rings is 1. The topological polar surface area (TPSA) is 75.5 Å². The van der Waals surface area contributed by atoms with Gasteiger partial charge in [-0.1, -0.05) is 81.4 Å². The number of halogens is 2. The molecule has 10 heteroatoms. The van der Waals surface area contributed by atoms with Crippen molar-refractivity contribution in [2.75, 3.05) is 18.0 Å². The predicted octanol–water partition coefficient (Wildman–Crippen LogP) is 6.21. The summed E-state index contributed by atoms with van der Waals surface area (Å²) in [6.07, 6.45) is -0.438. The normalized spacial score (nSPS) is 17.4. The Labute approximate surface area is 262 Å². The fourth-order valence-corrected chi connectivity index (χ4v) is 11.4. The van der Waals surface area contributed by atoms with E-state index in [-0.39, 0.29) is 40.1 Å². The van der Waals surface area contributed by atoms with E-state index in [0.29, 0.717) is 18.7 Å². The molecule has 0 spiro atoms. The quantitative estimate of drug-likeness (QED) is 0.170. The van der Waals surface area contributed by atoms with E-state index in [4.69, 9.17) is 9.16 Å². The van der Waals surface area contributed by atoms with Crippen molar-refractivity contribution in [1.82, 2.24) is 4.98 Å². The predicted molar refractivity (Wildman–Crippen MR) is 171 cm³/mol. The molecule has 3 aromatic carbocycles. The second-order valence-corrected chi connectivity index (χ2v) is 17.3. The lowest BCUT2D eigenvalue weighted by Gasteiger charge is -2.43. The molecule has 228 valence electrons. The van der Waals surface area contributed by atoms with Gasteiger partial charge in [0.25, 0.3) is 8.32 Å². The number of hydrogen-bond donors (Lipinski definition) is 0. The second kappa shape index (κ2) is 12.7. The third kappa shape index (κ3) is 5.85. The number of rotatable bonds is 8. The maximum Gasteiger partial charge on any atom is 0.261 e. The molecule has 1 aromatic heterocycles. The van der Waals surface area contributed by atoms with E-state index in [0.717, 1.165) is 21.7 Å². The number of ketones is 1. The van der Waals surface area contributed by atoms with Gasteiger partial charge in [0.05, 0.1) is 35.6 Å². The molecule has 4 aromatic rings. The van der Waals surface area contributed by atoms with Gasteiger partial charge in [-0.05, 0) is 35.3 Å². The first-order valence-corrected chi connectivity index (χ1v) is 17.3. The van der Waals surface area contributed by atoms with E-state index < -0.39 is 31.3 Å². The van der Waals surface area contributed by atoms with E-state index in [2.05, 4.69) is 50.0 Å². The average Bonchev–Trinajstić information content (AvgIpc) is 3.48. The number of carbonyl (C=O) groups is 1. The fraction of sp³-hybridized carbons (Fsp3) is 0.324. The van der Waals surface area contributed by atoms with E-state index in [1.165, 1.54) is 11.6 Å². The molecule has 1 saturated heterocycles. The Kier molecular flexibility index (Phi) is 9.14. The highest BCUT2D eigenvalue weighted by Gasteiger charge is 2.50. The minimum Gasteiger partial charge on any atom is -0.403 e. The van der Waals surface area contributed by atoms with Gasteiger partial charge >= 0.3 is 0 Å². The Morgan fingerprint density at radius 2 is 1.61 bits per heavy atom. The lowest BCUT2D eigenvalue weighted by Crippen LogP contribution is -2.66. The highest BCUT2D eigenvalue weighted by atomic mass is 32.1. The van der Waals surface area contributed by atoms with Crippen LogP contribution >= 0.6 is 11.3 Å². The molecule has 0 aliphatic carbocycles. The van der Waals surface area contributed by atoms with Crippen LogP contribution < -0.4 is 15.3 Å². The van der Waals surface area contributed by atoms with Crippen LogP contribution in [0.4, 0.5) is 14.5 Å². The summed E-state index contributed by atoms with van der Waals surface area (Å²) in [6, 6.07) is 23.3. The summed E-state index contributed by atoms with van der Waals surface area (Å²) in [5.41, 5.74) is 1.18. The summed E-state index contributed by atoms with van der Waals surface area (Å²) in [5.74, 6) is -3.17. The Morgan fingerprint density at radius 3 is 2.14 bits per heavy atom. The number of carbonyl (C=O) groups excluding carboxylic acids is 1. The van der Waals surface area contributed by atoms with Crippen molar-refractivity contribution >= 4 is 41.5 Å². The number of benzene rings is 3. The number of ether oxygens (including phenoxy) is 1. The third-order valence-corrected chi connectivity index (χ3v) is 13.8. The SMILES string of the molecule is CC1CN(c2c(CO[Si](c3ccccc3)(c3ccccc3)C(C)(C)C)cc(C(=O)c3scnc3C#N)c(F)c2F)CC(C)O1. The molecule has 1 aliphatic heterocycles. The minimum atomic E-state index is -3.07. The molecule has 0 radical (unpaired) electrons. The van der Waals surface area contributed by atoms with Crippen LogP contribution in [0.2, 0.25) is 5.04 Å². The number of aromatic nitrogens is 1. The van der Waals surface area contributed by atoms with Gasteiger partial charge in [-0.2, -0.15) is 5.26 Å². The maximum absolute atomic E-state index is 16.3. The van der Waals surface area contributed by atoms with Crippen molar-refractivity contribution in [3.05, 3.63) is 106 Å². The van der Waals surface area contributed by atoms with Crippen LogP contribution in [-0.2, 0) is 15.8 Å². The van der Waals surface area contributed by atoms with Crippen LogP contribution in [0.3, 0.4) is 0 Å². The monoisotopic (exact) mass is 631 g/mol. The zero-order valence-corrected chi connectivity index (χ0v) is 27.3. The number of anilines is 1. The summed E-state index contributed by atoms with van der Waals surface area (Å²) in [6.45, 7) is 10.8. The molecule has 2 atom stereocenters. The third-order valence-electron chi connectivity index (χ3n) is 7.98. The minimum absolute atomic E-state index is 0.0361. The molecule has 0 bridgehead atoms. The van der Waals surface area contributed by atoms with E-state index >= 15 is 8.78 Å². The molecule has 6 nitrogen and oxygen atoms in total. The average molecular weight is 632 g/mol. The molecule has 1 fully saturated rings. The number of nitrogens with zero attached hydrogens (tertiary/aromatic N) is 3. The van der Waals surface area contributed by atoms with Crippen molar-refractivity contribution in [3.8, 4) is 6.07 Å². The van der Waals surface area contributed by atoms with Crippen LogP contribution in [-0.4, -0.2) is 44.4 Å². The second-order valence-electron chi connectivity index (χ2n) is 12.1. The van der Waals surface area contributed by atoms with Crippen LogP contribution in [0.15, 0.2) is 72.2 Å². The van der Waals surface area contributed by atoms with E-state index in [9.17, 15) is 10.1 Å². The van der Waals surface area contributed by atoms with Gasteiger partial charge in [-0.25, -0.2) is 13.8 Å². The van der Waals surface area contributed by atoms with Crippen LogP contribution in [0.5, 0.6) is 0 Å². The molecule has 1 aliphatic rings. The Morgan fingerprint density at radius 1 is 1.05 bits per heavy atom.